The van der Waals surface area contributed by atoms with Crippen molar-refractivity contribution in [3.8, 4) is 0 Å². The molecule has 2 heterocycles. The average Bonchev–Trinajstić information content (AvgIpc) is 3.02. The number of thiazole rings is 1. The third kappa shape index (κ3) is 3.32. The van der Waals surface area contributed by atoms with Crippen molar-refractivity contribution >= 4 is 65.0 Å². The second-order valence-corrected chi connectivity index (χ2v) is 11.3. The van der Waals surface area contributed by atoms with Crippen LogP contribution in [0.25, 0.3) is 21.1 Å². The van der Waals surface area contributed by atoms with Gasteiger partial charge in [-0.2, -0.15) is 0 Å². The van der Waals surface area contributed by atoms with E-state index in [0.29, 0.717) is 22.0 Å². The van der Waals surface area contributed by atoms with E-state index in [4.69, 9.17) is 11.6 Å². The molecule has 144 valence electrons. The summed E-state index contributed by atoms with van der Waals surface area (Å²) in [5, 5.41) is 4.40. The number of hydrogen-bond acceptors (Lipinski definition) is 7. The summed E-state index contributed by atoms with van der Waals surface area (Å²) in [6.45, 7) is 4.99. The Hall–Kier alpha value is -2.29. The summed E-state index contributed by atoms with van der Waals surface area (Å²) >= 11 is 7.83. The fourth-order valence-electron chi connectivity index (χ4n) is 2.67. The van der Waals surface area contributed by atoms with Crippen molar-refractivity contribution in [3.63, 3.8) is 0 Å². The maximum absolute atomic E-state index is 12.7. The van der Waals surface area contributed by atoms with E-state index >= 15 is 0 Å². The minimum absolute atomic E-state index is 0.180. The molecule has 6 nitrogen and oxygen atoms in total. The van der Waals surface area contributed by atoms with Gasteiger partial charge < -0.3 is 0 Å². The Balaban J connectivity index is 1.74. The molecule has 28 heavy (non-hydrogen) atoms. The summed E-state index contributed by atoms with van der Waals surface area (Å²) < 4.78 is 25.5. The molecular weight excluding hydrogens is 416 g/mol. The largest absolute Gasteiger partial charge is 0.300 e. The van der Waals surface area contributed by atoms with Crippen molar-refractivity contribution < 1.29 is 8.42 Å². The monoisotopic (exact) mass is 432 g/mol. The number of benzene rings is 2. The number of rotatable bonds is 3. The Morgan fingerprint density at radius 1 is 1.00 bits per heavy atom. The zero-order chi connectivity index (χ0) is 20.1. The molecule has 4 rings (SSSR count). The lowest BCUT2D eigenvalue weighted by molar-refractivity contribution is 0.560. The van der Waals surface area contributed by atoms with E-state index in [2.05, 4.69) is 20.3 Å². The Labute approximate surface area is 171 Å². The van der Waals surface area contributed by atoms with Crippen LogP contribution in [0.15, 0.2) is 47.4 Å². The first-order valence-corrected chi connectivity index (χ1v) is 11.2. The first-order chi connectivity index (χ1) is 13.1. The van der Waals surface area contributed by atoms with Crippen LogP contribution in [-0.2, 0) is 9.84 Å². The van der Waals surface area contributed by atoms with Crippen LogP contribution in [0.1, 0.15) is 20.8 Å². The highest BCUT2D eigenvalue weighted by atomic mass is 35.5. The van der Waals surface area contributed by atoms with Gasteiger partial charge in [0.25, 0.3) is 0 Å². The number of anilines is 2. The van der Waals surface area contributed by atoms with E-state index in [0.717, 1.165) is 10.2 Å². The Kier molecular flexibility index (Phi) is 4.52. The topological polar surface area (TPSA) is 84.8 Å². The third-order valence-corrected chi connectivity index (χ3v) is 7.98. The van der Waals surface area contributed by atoms with Gasteiger partial charge in [0.05, 0.1) is 25.4 Å². The molecule has 2 aromatic heterocycles. The number of aromatic nitrogens is 3. The van der Waals surface area contributed by atoms with E-state index < -0.39 is 14.6 Å². The fraction of sp³-hybridized carbons (Fsp3) is 0.211. The molecule has 0 saturated carbocycles. The van der Waals surface area contributed by atoms with Gasteiger partial charge in [0, 0.05) is 5.39 Å². The SMILES string of the molecule is CC(C)(C)S(=O)(=O)c1ccc2nc(Nc3nc4ccccc4s3)nc(Cl)c2c1. The van der Waals surface area contributed by atoms with Crippen LogP contribution >= 0.6 is 22.9 Å². The van der Waals surface area contributed by atoms with Gasteiger partial charge in [-0.05, 0) is 51.1 Å². The minimum atomic E-state index is -3.50. The molecule has 0 bridgehead atoms. The second kappa shape index (κ2) is 6.65. The molecule has 0 saturated heterocycles. The number of para-hydroxylation sites is 1. The van der Waals surface area contributed by atoms with Gasteiger partial charge in [0.15, 0.2) is 15.0 Å². The Bertz CT molecular complexity index is 1280. The average molecular weight is 433 g/mol. The molecule has 0 atom stereocenters. The summed E-state index contributed by atoms with van der Waals surface area (Å²) in [4.78, 5) is 13.4. The van der Waals surface area contributed by atoms with Crippen LogP contribution in [0, 0.1) is 0 Å². The molecule has 4 aromatic rings. The third-order valence-electron chi connectivity index (χ3n) is 4.25. The maximum Gasteiger partial charge on any atom is 0.231 e. The highest BCUT2D eigenvalue weighted by Gasteiger charge is 2.31. The van der Waals surface area contributed by atoms with Gasteiger partial charge in [-0.25, -0.2) is 23.4 Å². The number of fused-ring (bicyclic) bond motifs is 2. The smallest absolute Gasteiger partial charge is 0.231 e. The Morgan fingerprint density at radius 2 is 1.75 bits per heavy atom. The molecular formula is C19H17ClN4O2S2. The molecule has 9 heteroatoms. The molecule has 0 spiro atoms. The normalized spacial score (nSPS) is 12.6. The zero-order valence-electron chi connectivity index (χ0n) is 15.4. The van der Waals surface area contributed by atoms with Crippen LogP contribution in [0.4, 0.5) is 11.1 Å². The predicted octanol–water partition coefficient (Wildman–Crippen LogP) is 5.21. The first-order valence-electron chi connectivity index (χ1n) is 8.50. The van der Waals surface area contributed by atoms with Gasteiger partial charge in [-0.3, -0.25) is 5.32 Å². The number of sulfone groups is 1. The lowest BCUT2D eigenvalue weighted by atomic mass is 10.2. The number of nitrogens with zero attached hydrogens (tertiary/aromatic N) is 3. The van der Waals surface area contributed by atoms with E-state index in [1.807, 2.05) is 24.3 Å². The fourth-order valence-corrected chi connectivity index (χ4v) is 4.99. The van der Waals surface area contributed by atoms with Crippen molar-refractivity contribution in [2.45, 2.75) is 30.4 Å². The zero-order valence-corrected chi connectivity index (χ0v) is 17.8. The van der Waals surface area contributed by atoms with Gasteiger partial charge >= 0.3 is 0 Å². The molecule has 0 unspecified atom stereocenters. The number of hydrogen-bond donors (Lipinski definition) is 1. The maximum atomic E-state index is 12.7. The van der Waals surface area contributed by atoms with Gasteiger partial charge in [0.2, 0.25) is 5.95 Å². The van der Waals surface area contributed by atoms with Crippen molar-refractivity contribution in [2.24, 2.45) is 0 Å². The quantitative estimate of drug-likeness (QED) is 0.447. The number of halogens is 1. The van der Waals surface area contributed by atoms with Crippen molar-refractivity contribution in [2.75, 3.05) is 5.32 Å². The second-order valence-electron chi connectivity index (χ2n) is 7.24. The summed E-state index contributed by atoms with van der Waals surface area (Å²) in [5.74, 6) is 0.308. The summed E-state index contributed by atoms with van der Waals surface area (Å²) in [6.07, 6.45) is 0. The van der Waals surface area contributed by atoms with Crippen molar-refractivity contribution in [1.29, 1.82) is 0 Å². The molecule has 0 aliphatic heterocycles. The van der Waals surface area contributed by atoms with Crippen LogP contribution in [0.3, 0.4) is 0 Å². The minimum Gasteiger partial charge on any atom is -0.300 e. The first kappa shape index (κ1) is 19.0. The summed E-state index contributed by atoms with van der Waals surface area (Å²) in [5.41, 5.74) is 1.44. The van der Waals surface area contributed by atoms with Gasteiger partial charge in [-0.1, -0.05) is 35.1 Å². The summed E-state index contributed by atoms with van der Waals surface area (Å²) in [7, 11) is -3.50. The lowest BCUT2D eigenvalue weighted by Crippen LogP contribution is -2.27. The van der Waals surface area contributed by atoms with Gasteiger partial charge in [-0.15, -0.1) is 0 Å². The van der Waals surface area contributed by atoms with E-state index in [9.17, 15) is 8.42 Å². The highest BCUT2D eigenvalue weighted by Crippen LogP contribution is 2.31. The molecule has 0 aliphatic rings. The standard InChI is InChI=1S/C19H17ClN4O2S2/c1-19(2,3)28(25,26)11-8-9-13-12(10-11)16(20)23-17(21-13)24-18-22-14-6-4-5-7-15(14)27-18/h4-10H,1-3H3,(H,21,22,23,24). The van der Waals surface area contributed by atoms with Crippen LogP contribution in [0.5, 0.6) is 0 Å². The van der Waals surface area contributed by atoms with Crippen molar-refractivity contribution in [3.05, 3.63) is 47.6 Å². The molecule has 0 aliphatic carbocycles. The number of nitrogens with one attached hydrogen (secondary N) is 1. The van der Waals surface area contributed by atoms with Crippen LogP contribution in [0.2, 0.25) is 5.15 Å². The van der Waals surface area contributed by atoms with Crippen LogP contribution in [-0.4, -0.2) is 28.1 Å². The summed E-state index contributed by atoms with van der Waals surface area (Å²) in [6, 6.07) is 12.5. The van der Waals surface area contributed by atoms with Crippen molar-refractivity contribution in [1.82, 2.24) is 15.0 Å². The Morgan fingerprint density at radius 3 is 2.46 bits per heavy atom. The van der Waals surface area contributed by atoms with Crippen LogP contribution < -0.4 is 5.32 Å². The molecule has 0 radical (unpaired) electrons. The predicted molar refractivity (Wildman–Crippen MR) is 114 cm³/mol. The highest BCUT2D eigenvalue weighted by molar-refractivity contribution is 7.92. The molecule has 0 amide bonds. The van der Waals surface area contributed by atoms with E-state index in [1.165, 1.54) is 17.4 Å². The van der Waals surface area contributed by atoms with E-state index in [1.54, 1.807) is 32.9 Å². The molecule has 1 N–H and O–H groups in total. The van der Waals surface area contributed by atoms with Gasteiger partial charge in [0.1, 0.15) is 5.15 Å². The lowest BCUT2D eigenvalue weighted by Gasteiger charge is -2.19. The molecule has 0 fully saturated rings. The molecule has 2 aromatic carbocycles. The van der Waals surface area contributed by atoms with E-state index in [-0.39, 0.29) is 10.0 Å².